The number of rotatable bonds is 4. The fourth-order valence-electron chi connectivity index (χ4n) is 2.33. The van der Waals surface area contributed by atoms with Gasteiger partial charge in [-0.2, -0.15) is 0 Å². The van der Waals surface area contributed by atoms with Crippen LogP contribution in [0.4, 0.5) is 15.8 Å². The largest absolute Gasteiger partial charge is 0.399 e. The van der Waals surface area contributed by atoms with Gasteiger partial charge in [-0.3, -0.25) is 4.90 Å². The Labute approximate surface area is 114 Å². The van der Waals surface area contributed by atoms with E-state index in [1.165, 1.54) is 6.07 Å². The molecular formula is C14H23FN4. The molecule has 1 aliphatic rings. The molecule has 106 valence electrons. The maximum Gasteiger partial charge on any atom is 0.148 e. The quantitative estimate of drug-likeness (QED) is 0.828. The van der Waals surface area contributed by atoms with E-state index >= 15 is 0 Å². The summed E-state index contributed by atoms with van der Waals surface area (Å²) in [7, 11) is 4.17. The second kappa shape index (κ2) is 6.21. The standard InChI is InChI=1S/C14H23FN4/c1-17(2)5-6-18-7-9-19(10-8-18)14-4-3-12(16)11-13(14)15/h3-4,11H,5-10,16H2,1-2H3. The normalized spacial score (nSPS) is 17.2. The van der Waals surface area contributed by atoms with E-state index in [-0.39, 0.29) is 5.82 Å². The van der Waals surface area contributed by atoms with Gasteiger partial charge in [-0.15, -0.1) is 0 Å². The summed E-state index contributed by atoms with van der Waals surface area (Å²) in [5, 5.41) is 0. The van der Waals surface area contributed by atoms with Crippen molar-refractivity contribution < 1.29 is 4.39 Å². The molecule has 0 spiro atoms. The van der Waals surface area contributed by atoms with Gasteiger partial charge in [0.2, 0.25) is 0 Å². The van der Waals surface area contributed by atoms with E-state index in [0.29, 0.717) is 11.4 Å². The molecule has 1 aromatic rings. The van der Waals surface area contributed by atoms with E-state index in [1.807, 2.05) is 0 Å². The van der Waals surface area contributed by atoms with Crippen LogP contribution in [0.2, 0.25) is 0 Å². The van der Waals surface area contributed by atoms with Gasteiger partial charge >= 0.3 is 0 Å². The molecule has 1 aromatic carbocycles. The van der Waals surface area contributed by atoms with Crippen LogP contribution in [0.25, 0.3) is 0 Å². The zero-order valence-electron chi connectivity index (χ0n) is 11.8. The first kappa shape index (κ1) is 14.1. The molecule has 0 atom stereocenters. The first-order valence-electron chi connectivity index (χ1n) is 6.73. The number of nitrogen functional groups attached to an aromatic ring is 1. The van der Waals surface area contributed by atoms with E-state index in [9.17, 15) is 4.39 Å². The van der Waals surface area contributed by atoms with Gasteiger partial charge in [0.1, 0.15) is 5.82 Å². The van der Waals surface area contributed by atoms with Gasteiger partial charge in [-0.25, -0.2) is 4.39 Å². The Bertz CT molecular complexity index is 414. The minimum atomic E-state index is -0.221. The molecule has 1 aliphatic heterocycles. The Morgan fingerprint density at radius 1 is 1.21 bits per heavy atom. The molecule has 2 rings (SSSR count). The summed E-state index contributed by atoms with van der Waals surface area (Å²) < 4.78 is 13.8. The van der Waals surface area contributed by atoms with Gasteiger partial charge in [-0.05, 0) is 32.3 Å². The van der Waals surface area contributed by atoms with Gasteiger partial charge in [0.05, 0.1) is 5.69 Å². The van der Waals surface area contributed by atoms with Crippen LogP contribution in [0, 0.1) is 5.82 Å². The average molecular weight is 266 g/mol. The maximum atomic E-state index is 13.8. The first-order chi connectivity index (χ1) is 9.06. The van der Waals surface area contributed by atoms with Crippen LogP contribution in [-0.2, 0) is 0 Å². The third-order valence-electron chi connectivity index (χ3n) is 3.55. The number of anilines is 2. The molecule has 19 heavy (non-hydrogen) atoms. The number of nitrogens with zero attached hydrogens (tertiary/aromatic N) is 3. The summed E-state index contributed by atoms with van der Waals surface area (Å²) in [5.41, 5.74) is 6.72. The van der Waals surface area contributed by atoms with Crippen molar-refractivity contribution in [2.75, 3.05) is 64.0 Å². The Hall–Kier alpha value is -1.33. The van der Waals surface area contributed by atoms with E-state index in [2.05, 4.69) is 28.8 Å². The van der Waals surface area contributed by atoms with Crippen LogP contribution >= 0.6 is 0 Å². The van der Waals surface area contributed by atoms with Gasteiger partial charge in [0, 0.05) is 45.0 Å². The first-order valence-corrected chi connectivity index (χ1v) is 6.73. The van der Waals surface area contributed by atoms with Crippen LogP contribution in [0.3, 0.4) is 0 Å². The number of hydrogen-bond donors (Lipinski definition) is 1. The third kappa shape index (κ3) is 3.81. The highest BCUT2D eigenvalue weighted by Gasteiger charge is 2.19. The Balaban J connectivity index is 1.89. The molecule has 0 radical (unpaired) electrons. The molecule has 1 saturated heterocycles. The third-order valence-corrected chi connectivity index (χ3v) is 3.55. The van der Waals surface area contributed by atoms with Crippen molar-refractivity contribution in [1.82, 2.24) is 9.80 Å². The van der Waals surface area contributed by atoms with Gasteiger partial charge < -0.3 is 15.5 Å². The molecular weight excluding hydrogens is 243 g/mol. The lowest BCUT2D eigenvalue weighted by Gasteiger charge is -2.36. The Morgan fingerprint density at radius 2 is 1.89 bits per heavy atom. The van der Waals surface area contributed by atoms with E-state index in [1.54, 1.807) is 12.1 Å². The van der Waals surface area contributed by atoms with Crippen LogP contribution in [0.15, 0.2) is 18.2 Å². The lowest BCUT2D eigenvalue weighted by atomic mass is 10.2. The fraction of sp³-hybridized carbons (Fsp3) is 0.571. The van der Waals surface area contributed by atoms with E-state index < -0.39 is 0 Å². The number of likely N-dealkylation sites (N-methyl/N-ethyl adjacent to an activating group) is 1. The highest BCUT2D eigenvalue weighted by molar-refractivity contribution is 5.54. The maximum absolute atomic E-state index is 13.8. The highest BCUT2D eigenvalue weighted by atomic mass is 19.1. The van der Waals surface area contributed by atoms with Crippen LogP contribution in [-0.4, -0.2) is 63.2 Å². The number of benzene rings is 1. The van der Waals surface area contributed by atoms with Crippen molar-refractivity contribution in [3.8, 4) is 0 Å². The highest BCUT2D eigenvalue weighted by Crippen LogP contribution is 2.22. The molecule has 0 saturated carbocycles. The Morgan fingerprint density at radius 3 is 2.47 bits per heavy atom. The zero-order valence-corrected chi connectivity index (χ0v) is 11.8. The van der Waals surface area contributed by atoms with E-state index in [4.69, 9.17) is 5.73 Å². The summed E-state index contributed by atoms with van der Waals surface area (Å²) in [4.78, 5) is 6.71. The molecule has 1 fully saturated rings. The average Bonchev–Trinajstić information content (AvgIpc) is 2.37. The van der Waals surface area contributed by atoms with Crippen molar-refractivity contribution >= 4 is 11.4 Å². The predicted molar refractivity (Wildman–Crippen MR) is 78.0 cm³/mol. The van der Waals surface area contributed by atoms with Crippen molar-refractivity contribution in [2.24, 2.45) is 0 Å². The van der Waals surface area contributed by atoms with Gasteiger partial charge in [0.25, 0.3) is 0 Å². The second-order valence-electron chi connectivity index (χ2n) is 5.34. The summed E-state index contributed by atoms with van der Waals surface area (Å²) in [5.74, 6) is -0.221. The molecule has 0 bridgehead atoms. The number of nitrogens with two attached hydrogens (primary N) is 1. The summed E-state index contributed by atoms with van der Waals surface area (Å²) in [6.07, 6.45) is 0. The van der Waals surface area contributed by atoms with E-state index in [0.717, 1.165) is 39.3 Å². The number of hydrogen-bond acceptors (Lipinski definition) is 4. The second-order valence-corrected chi connectivity index (χ2v) is 5.34. The van der Waals surface area contributed by atoms with Gasteiger partial charge in [-0.1, -0.05) is 0 Å². The summed E-state index contributed by atoms with van der Waals surface area (Å²) in [6.45, 7) is 5.85. The SMILES string of the molecule is CN(C)CCN1CCN(c2ccc(N)cc2F)CC1. The smallest absolute Gasteiger partial charge is 0.148 e. The minimum absolute atomic E-state index is 0.221. The fourth-order valence-corrected chi connectivity index (χ4v) is 2.33. The lowest BCUT2D eigenvalue weighted by Crippen LogP contribution is -2.48. The zero-order chi connectivity index (χ0) is 13.8. The van der Waals surface area contributed by atoms with Crippen LogP contribution < -0.4 is 10.6 Å². The number of halogens is 1. The predicted octanol–water partition coefficient (Wildman–Crippen LogP) is 1.09. The molecule has 5 heteroatoms. The molecule has 0 aliphatic carbocycles. The summed E-state index contributed by atoms with van der Waals surface area (Å²) in [6, 6.07) is 4.94. The molecule has 1 heterocycles. The molecule has 4 nitrogen and oxygen atoms in total. The summed E-state index contributed by atoms with van der Waals surface area (Å²) >= 11 is 0. The van der Waals surface area contributed by atoms with Crippen molar-refractivity contribution in [1.29, 1.82) is 0 Å². The topological polar surface area (TPSA) is 35.7 Å². The molecule has 0 aromatic heterocycles. The number of piperazine rings is 1. The Kier molecular flexibility index (Phi) is 4.61. The van der Waals surface area contributed by atoms with Crippen molar-refractivity contribution in [3.63, 3.8) is 0 Å². The van der Waals surface area contributed by atoms with Gasteiger partial charge in [0.15, 0.2) is 0 Å². The van der Waals surface area contributed by atoms with Crippen LogP contribution in [0.5, 0.6) is 0 Å². The monoisotopic (exact) mass is 266 g/mol. The minimum Gasteiger partial charge on any atom is -0.399 e. The lowest BCUT2D eigenvalue weighted by molar-refractivity contribution is 0.229. The molecule has 2 N–H and O–H groups in total. The van der Waals surface area contributed by atoms with Crippen molar-refractivity contribution in [2.45, 2.75) is 0 Å². The molecule has 0 unspecified atom stereocenters. The van der Waals surface area contributed by atoms with Crippen molar-refractivity contribution in [3.05, 3.63) is 24.0 Å². The van der Waals surface area contributed by atoms with Crippen LogP contribution in [0.1, 0.15) is 0 Å². The molecule has 0 amide bonds.